The van der Waals surface area contributed by atoms with Gasteiger partial charge in [-0.15, -0.1) is 0 Å². The molecule has 112 valence electrons. The zero-order valence-corrected chi connectivity index (χ0v) is 13.5. The van der Waals surface area contributed by atoms with Gasteiger partial charge in [0.25, 0.3) is 0 Å². The van der Waals surface area contributed by atoms with Crippen molar-refractivity contribution in [3.8, 4) is 0 Å². The second-order valence-corrected chi connectivity index (χ2v) is 8.19. The zero-order valence-electron chi connectivity index (χ0n) is 12.7. The normalized spacial score (nSPS) is 20.6. The molecule has 1 heterocycles. The van der Waals surface area contributed by atoms with E-state index in [1.807, 2.05) is 33.8 Å². The van der Waals surface area contributed by atoms with E-state index >= 15 is 0 Å². The van der Waals surface area contributed by atoms with Gasteiger partial charge in [0.1, 0.15) is 0 Å². The van der Waals surface area contributed by atoms with E-state index in [1.165, 1.54) is 0 Å². The lowest BCUT2D eigenvalue weighted by atomic mass is 10.1. The Morgan fingerprint density at radius 1 is 1.20 bits per heavy atom. The molecule has 2 rings (SSSR count). The van der Waals surface area contributed by atoms with Crippen LogP contribution < -0.4 is 5.32 Å². The molecule has 0 saturated carbocycles. The van der Waals surface area contributed by atoms with Crippen molar-refractivity contribution in [3.05, 3.63) is 29.3 Å². The van der Waals surface area contributed by atoms with Crippen molar-refractivity contribution in [2.24, 2.45) is 0 Å². The molecule has 1 fully saturated rings. The van der Waals surface area contributed by atoms with Crippen molar-refractivity contribution in [2.45, 2.75) is 44.6 Å². The van der Waals surface area contributed by atoms with Gasteiger partial charge in [-0.25, -0.2) is 8.42 Å². The summed E-state index contributed by atoms with van der Waals surface area (Å²) in [6.45, 7) is 9.95. The number of rotatable bonds is 2. The minimum Gasteiger partial charge on any atom is -0.310 e. The summed E-state index contributed by atoms with van der Waals surface area (Å²) in [6, 6.07) is 5.36. The molecule has 0 aromatic heterocycles. The highest BCUT2D eigenvalue weighted by Gasteiger charge is 2.32. The van der Waals surface area contributed by atoms with Crippen LogP contribution in [0.25, 0.3) is 0 Å². The van der Waals surface area contributed by atoms with E-state index in [0.717, 1.165) is 24.1 Å². The Morgan fingerprint density at radius 3 is 2.55 bits per heavy atom. The van der Waals surface area contributed by atoms with Crippen LogP contribution in [0.3, 0.4) is 0 Å². The SMILES string of the molecule is Cc1ccc(S(=O)(=O)N2CCCNC(C)(C)C2)cc1C. The molecule has 1 aromatic carbocycles. The first-order chi connectivity index (χ1) is 9.22. The quantitative estimate of drug-likeness (QED) is 0.909. The van der Waals surface area contributed by atoms with Gasteiger partial charge in [-0.05, 0) is 63.9 Å². The van der Waals surface area contributed by atoms with Gasteiger partial charge >= 0.3 is 0 Å². The molecule has 0 amide bonds. The van der Waals surface area contributed by atoms with Gasteiger partial charge in [0.2, 0.25) is 10.0 Å². The van der Waals surface area contributed by atoms with Crippen LogP contribution in [-0.2, 0) is 10.0 Å². The van der Waals surface area contributed by atoms with Crippen LogP contribution in [0.2, 0.25) is 0 Å². The van der Waals surface area contributed by atoms with E-state index in [-0.39, 0.29) is 5.54 Å². The lowest BCUT2D eigenvalue weighted by Gasteiger charge is -2.29. The minimum atomic E-state index is -3.40. The number of benzene rings is 1. The summed E-state index contributed by atoms with van der Waals surface area (Å²) in [5.74, 6) is 0. The summed E-state index contributed by atoms with van der Waals surface area (Å²) in [7, 11) is -3.40. The van der Waals surface area contributed by atoms with Crippen LogP contribution in [0.1, 0.15) is 31.4 Å². The highest BCUT2D eigenvalue weighted by molar-refractivity contribution is 7.89. The van der Waals surface area contributed by atoms with Gasteiger partial charge in [-0.3, -0.25) is 0 Å². The van der Waals surface area contributed by atoms with E-state index in [2.05, 4.69) is 5.32 Å². The molecular weight excluding hydrogens is 272 g/mol. The fraction of sp³-hybridized carbons (Fsp3) is 0.600. The van der Waals surface area contributed by atoms with Crippen molar-refractivity contribution >= 4 is 10.0 Å². The Bertz CT molecular complexity index is 594. The molecule has 1 aromatic rings. The van der Waals surface area contributed by atoms with Gasteiger partial charge in [0, 0.05) is 18.6 Å². The Morgan fingerprint density at radius 2 is 1.90 bits per heavy atom. The van der Waals surface area contributed by atoms with E-state index in [0.29, 0.717) is 18.0 Å². The molecule has 0 radical (unpaired) electrons. The van der Waals surface area contributed by atoms with Crippen molar-refractivity contribution in [3.63, 3.8) is 0 Å². The molecule has 5 heteroatoms. The van der Waals surface area contributed by atoms with Crippen LogP contribution in [0, 0.1) is 13.8 Å². The van der Waals surface area contributed by atoms with E-state index in [9.17, 15) is 8.42 Å². The fourth-order valence-electron chi connectivity index (χ4n) is 2.49. The molecule has 0 atom stereocenters. The minimum absolute atomic E-state index is 0.191. The third-order valence-corrected chi connectivity index (χ3v) is 5.72. The third-order valence-electron chi connectivity index (χ3n) is 3.88. The summed E-state index contributed by atoms with van der Waals surface area (Å²) in [5, 5.41) is 3.39. The van der Waals surface area contributed by atoms with Gasteiger partial charge in [-0.2, -0.15) is 4.31 Å². The molecule has 0 bridgehead atoms. The maximum Gasteiger partial charge on any atom is 0.243 e. The Kier molecular flexibility index (Phi) is 4.23. The molecule has 0 aliphatic carbocycles. The zero-order chi connectivity index (χ0) is 15.0. The fourth-order valence-corrected chi connectivity index (χ4v) is 4.21. The lowest BCUT2D eigenvalue weighted by Crippen LogP contribution is -2.47. The van der Waals surface area contributed by atoms with Crippen molar-refractivity contribution < 1.29 is 8.42 Å². The molecule has 1 saturated heterocycles. The molecule has 0 spiro atoms. The number of hydrogen-bond acceptors (Lipinski definition) is 3. The van der Waals surface area contributed by atoms with Crippen molar-refractivity contribution in [1.29, 1.82) is 0 Å². The maximum absolute atomic E-state index is 12.8. The van der Waals surface area contributed by atoms with E-state index in [1.54, 1.807) is 16.4 Å². The number of sulfonamides is 1. The van der Waals surface area contributed by atoms with Crippen LogP contribution in [0.4, 0.5) is 0 Å². The topological polar surface area (TPSA) is 49.4 Å². The van der Waals surface area contributed by atoms with Crippen LogP contribution in [-0.4, -0.2) is 37.9 Å². The van der Waals surface area contributed by atoms with Crippen LogP contribution in [0.5, 0.6) is 0 Å². The molecule has 1 aliphatic heterocycles. The highest BCUT2D eigenvalue weighted by Crippen LogP contribution is 2.22. The first-order valence-corrected chi connectivity index (χ1v) is 8.49. The standard InChI is InChI=1S/C15H24N2O2S/c1-12-6-7-14(10-13(12)2)20(18,19)17-9-5-8-16-15(3,4)11-17/h6-7,10,16H,5,8-9,11H2,1-4H3. The van der Waals surface area contributed by atoms with Gasteiger partial charge < -0.3 is 5.32 Å². The average Bonchev–Trinajstić information content (AvgIpc) is 2.54. The molecule has 20 heavy (non-hydrogen) atoms. The number of aryl methyl sites for hydroxylation is 2. The summed E-state index contributed by atoms with van der Waals surface area (Å²) in [6.07, 6.45) is 0.841. The van der Waals surface area contributed by atoms with E-state index in [4.69, 9.17) is 0 Å². The Hall–Kier alpha value is -0.910. The van der Waals surface area contributed by atoms with Crippen molar-refractivity contribution in [1.82, 2.24) is 9.62 Å². The predicted octanol–water partition coefficient (Wildman–Crippen LogP) is 2.07. The summed E-state index contributed by atoms with van der Waals surface area (Å²) < 4.78 is 27.2. The molecule has 4 nitrogen and oxygen atoms in total. The first-order valence-electron chi connectivity index (χ1n) is 7.05. The third kappa shape index (κ3) is 3.22. The Labute approximate surface area is 122 Å². The van der Waals surface area contributed by atoms with Crippen molar-refractivity contribution in [2.75, 3.05) is 19.6 Å². The van der Waals surface area contributed by atoms with Gasteiger partial charge in [-0.1, -0.05) is 6.07 Å². The molecule has 1 N–H and O–H groups in total. The highest BCUT2D eigenvalue weighted by atomic mass is 32.2. The van der Waals surface area contributed by atoms with Crippen LogP contribution >= 0.6 is 0 Å². The smallest absolute Gasteiger partial charge is 0.243 e. The molecule has 1 aliphatic rings. The number of nitrogens with one attached hydrogen (secondary N) is 1. The predicted molar refractivity (Wildman–Crippen MR) is 81.4 cm³/mol. The number of hydrogen-bond donors (Lipinski definition) is 1. The summed E-state index contributed by atoms with van der Waals surface area (Å²) in [5.41, 5.74) is 1.93. The summed E-state index contributed by atoms with van der Waals surface area (Å²) >= 11 is 0. The van der Waals surface area contributed by atoms with E-state index < -0.39 is 10.0 Å². The Balaban J connectivity index is 2.35. The molecule has 0 unspecified atom stereocenters. The largest absolute Gasteiger partial charge is 0.310 e. The second-order valence-electron chi connectivity index (χ2n) is 6.25. The van der Waals surface area contributed by atoms with Crippen LogP contribution in [0.15, 0.2) is 23.1 Å². The number of nitrogens with zero attached hydrogens (tertiary/aromatic N) is 1. The molecular formula is C15H24N2O2S. The van der Waals surface area contributed by atoms with Gasteiger partial charge in [0.05, 0.1) is 4.90 Å². The monoisotopic (exact) mass is 296 g/mol. The van der Waals surface area contributed by atoms with Gasteiger partial charge in [0.15, 0.2) is 0 Å². The first kappa shape index (κ1) is 15.5. The lowest BCUT2D eigenvalue weighted by molar-refractivity contribution is 0.326. The second kappa shape index (κ2) is 5.47. The maximum atomic E-state index is 12.8. The summed E-state index contributed by atoms with van der Waals surface area (Å²) in [4.78, 5) is 0.401. The average molecular weight is 296 g/mol.